The molecule has 0 unspecified atom stereocenters. The molecule has 0 atom stereocenters. The fraction of sp³-hybridized carbons (Fsp3) is 0.0526. The SMILES string of the molecule is C#CCOc1c(I)cc(/C=N/NC(=O)c2cc3cc([N+](=O)[O-])ccc3o2)cc1I. The molecule has 0 spiro atoms. The molecule has 0 bridgehead atoms. The number of nitro benzene ring substituents is 1. The van der Waals surface area contributed by atoms with Gasteiger partial charge in [0.15, 0.2) is 5.76 Å². The van der Waals surface area contributed by atoms with Gasteiger partial charge in [0.1, 0.15) is 17.9 Å². The van der Waals surface area contributed by atoms with E-state index in [0.717, 1.165) is 12.7 Å². The molecule has 8 nitrogen and oxygen atoms in total. The second-order valence-corrected chi connectivity index (χ2v) is 7.92. The Balaban J connectivity index is 1.72. The summed E-state index contributed by atoms with van der Waals surface area (Å²) in [4.78, 5) is 22.6. The van der Waals surface area contributed by atoms with Crippen LogP contribution in [0.4, 0.5) is 5.69 Å². The molecule has 0 saturated heterocycles. The number of hydrogen-bond donors (Lipinski definition) is 1. The number of carbonyl (C=O) groups is 1. The monoisotopic (exact) mass is 615 g/mol. The van der Waals surface area contributed by atoms with Crippen LogP contribution in [-0.4, -0.2) is 23.7 Å². The maximum atomic E-state index is 12.2. The van der Waals surface area contributed by atoms with E-state index in [2.05, 4.69) is 61.6 Å². The number of fused-ring (bicyclic) bond motifs is 1. The van der Waals surface area contributed by atoms with E-state index >= 15 is 0 Å². The van der Waals surface area contributed by atoms with Gasteiger partial charge in [-0.1, -0.05) is 5.92 Å². The van der Waals surface area contributed by atoms with E-state index in [9.17, 15) is 14.9 Å². The van der Waals surface area contributed by atoms with Gasteiger partial charge in [-0.3, -0.25) is 14.9 Å². The van der Waals surface area contributed by atoms with Crippen molar-refractivity contribution < 1.29 is 18.9 Å². The van der Waals surface area contributed by atoms with Crippen molar-refractivity contribution in [2.24, 2.45) is 5.10 Å². The van der Waals surface area contributed by atoms with E-state index in [0.29, 0.717) is 16.7 Å². The molecule has 0 fully saturated rings. The first kappa shape index (κ1) is 21.1. The Morgan fingerprint density at radius 3 is 2.69 bits per heavy atom. The summed E-state index contributed by atoms with van der Waals surface area (Å²) in [5.41, 5.74) is 3.42. The summed E-state index contributed by atoms with van der Waals surface area (Å²) in [6, 6.07) is 9.20. The Morgan fingerprint density at radius 1 is 1.31 bits per heavy atom. The maximum absolute atomic E-state index is 12.2. The molecule has 1 aromatic heterocycles. The van der Waals surface area contributed by atoms with Crippen molar-refractivity contribution in [1.82, 2.24) is 5.43 Å². The number of rotatable bonds is 6. The van der Waals surface area contributed by atoms with E-state index in [1.54, 1.807) is 0 Å². The smallest absolute Gasteiger partial charge is 0.307 e. The van der Waals surface area contributed by atoms with Crippen molar-refractivity contribution in [2.45, 2.75) is 0 Å². The molecule has 1 N–H and O–H groups in total. The Bertz CT molecular complexity index is 1160. The van der Waals surface area contributed by atoms with Crippen molar-refractivity contribution in [3.63, 3.8) is 0 Å². The third-order valence-electron chi connectivity index (χ3n) is 3.63. The number of hydrazone groups is 1. The standard InChI is InChI=1S/C19H11I2N3O5/c1-2-5-28-18-14(20)6-11(7-15(18)21)10-22-23-19(25)17-9-12-8-13(24(26)27)3-4-16(12)29-17/h1,3-4,6-10H,5H2,(H,23,25)/b22-10+. The summed E-state index contributed by atoms with van der Waals surface area (Å²) in [7, 11) is 0. The first-order valence-electron chi connectivity index (χ1n) is 7.95. The third kappa shape index (κ3) is 5.04. The first-order valence-corrected chi connectivity index (χ1v) is 10.1. The predicted octanol–water partition coefficient (Wildman–Crippen LogP) is 4.33. The molecule has 29 heavy (non-hydrogen) atoms. The zero-order valence-electron chi connectivity index (χ0n) is 14.5. The Labute approximate surface area is 192 Å². The molecular weight excluding hydrogens is 604 g/mol. The van der Waals surface area contributed by atoms with E-state index in [1.807, 2.05) is 12.1 Å². The molecular formula is C19H11I2N3O5. The number of furan rings is 1. The number of benzene rings is 2. The summed E-state index contributed by atoms with van der Waals surface area (Å²) in [5, 5.41) is 15.2. The van der Waals surface area contributed by atoms with Gasteiger partial charge in [0.25, 0.3) is 5.69 Å². The second kappa shape index (κ2) is 9.23. The van der Waals surface area contributed by atoms with Crippen LogP contribution >= 0.6 is 45.2 Å². The van der Waals surface area contributed by atoms with Crippen LogP contribution in [0.25, 0.3) is 11.0 Å². The van der Waals surface area contributed by atoms with Gasteiger partial charge in [0.05, 0.1) is 18.3 Å². The number of nitrogens with one attached hydrogen (secondary N) is 1. The Hall–Kier alpha value is -2.66. The van der Waals surface area contributed by atoms with Crippen molar-refractivity contribution >= 4 is 74.0 Å². The summed E-state index contributed by atoms with van der Waals surface area (Å²) in [6.45, 7) is 0.177. The van der Waals surface area contributed by atoms with E-state index in [-0.39, 0.29) is 18.1 Å². The summed E-state index contributed by atoms with van der Waals surface area (Å²) in [5.74, 6) is 2.55. The van der Waals surface area contributed by atoms with Crippen LogP contribution in [-0.2, 0) is 0 Å². The molecule has 10 heteroatoms. The predicted molar refractivity (Wildman–Crippen MR) is 124 cm³/mol. The molecule has 0 aliphatic carbocycles. The van der Waals surface area contributed by atoms with E-state index < -0.39 is 10.8 Å². The van der Waals surface area contributed by atoms with Gasteiger partial charge in [-0.2, -0.15) is 5.10 Å². The minimum Gasteiger partial charge on any atom is -0.479 e. The number of non-ortho nitro benzene ring substituents is 1. The van der Waals surface area contributed by atoms with Crippen LogP contribution in [0.3, 0.4) is 0 Å². The quantitative estimate of drug-likeness (QED) is 0.146. The van der Waals surface area contributed by atoms with Gasteiger partial charge >= 0.3 is 5.91 Å². The topological polar surface area (TPSA) is 107 Å². The van der Waals surface area contributed by atoms with Gasteiger partial charge in [-0.25, -0.2) is 5.43 Å². The molecule has 0 aliphatic heterocycles. The van der Waals surface area contributed by atoms with Gasteiger partial charge in [0.2, 0.25) is 0 Å². The molecule has 3 aromatic rings. The average Bonchev–Trinajstić information content (AvgIpc) is 3.10. The van der Waals surface area contributed by atoms with Crippen LogP contribution in [0.15, 0.2) is 45.9 Å². The Kier molecular flexibility index (Phi) is 6.70. The zero-order valence-corrected chi connectivity index (χ0v) is 18.8. The summed E-state index contributed by atoms with van der Waals surface area (Å²) >= 11 is 4.26. The first-order chi connectivity index (χ1) is 13.9. The van der Waals surface area contributed by atoms with Crippen LogP contribution in [0.5, 0.6) is 5.75 Å². The number of carbonyl (C=O) groups excluding carboxylic acids is 1. The van der Waals surface area contributed by atoms with Gasteiger partial charge < -0.3 is 9.15 Å². The lowest BCUT2D eigenvalue weighted by Crippen LogP contribution is -2.16. The lowest BCUT2D eigenvalue weighted by Gasteiger charge is -2.08. The number of ether oxygens (including phenoxy) is 1. The second-order valence-electron chi connectivity index (χ2n) is 5.60. The van der Waals surface area contributed by atoms with Gasteiger partial charge in [-0.05, 0) is 75.0 Å². The molecule has 0 aliphatic rings. The van der Waals surface area contributed by atoms with Crippen molar-refractivity contribution in [1.29, 1.82) is 0 Å². The highest BCUT2D eigenvalue weighted by Crippen LogP contribution is 2.28. The average molecular weight is 615 g/mol. The van der Waals surface area contributed by atoms with Crippen molar-refractivity contribution in [3.8, 4) is 18.1 Å². The van der Waals surface area contributed by atoms with Crippen molar-refractivity contribution in [2.75, 3.05) is 6.61 Å². The van der Waals surface area contributed by atoms with Crippen LogP contribution < -0.4 is 10.2 Å². The Morgan fingerprint density at radius 2 is 2.03 bits per heavy atom. The largest absolute Gasteiger partial charge is 0.479 e. The highest BCUT2D eigenvalue weighted by atomic mass is 127. The number of terminal acetylenes is 1. The molecule has 0 radical (unpaired) electrons. The number of amides is 1. The van der Waals surface area contributed by atoms with Gasteiger partial charge in [0, 0.05) is 17.5 Å². The molecule has 3 rings (SSSR count). The summed E-state index contributed by atoms with van der Waals surface area (Å²) < 4.78 is 12.6. The fourth-order valence-electron chi connectivity index (χ4n) is 2.38. The molecule has 2 aromatic carbocycles. The molecule has 0 saturated carbocycles. The number of nitrogens with zero attached hydrogens (tertiary/aromatic N) is 2. The number of nitro groups is 1. The molecule has 1 amide bonds. The maximum Gasteiger partial charge on any atom is 0.307 e. The lowest BCUT2D eigenvalue weighted by atomic mass is 10.2. The zero-order chi connectivity index (χ0) is 21.0. The number of hydrogen-bond acceptors (Lipinski definition) is 6. The van der Waals surface area contributed by atoms with Crippen LogP contribution in [0.1, 0.15) is 16.1 Å². The van der Waals surface area contributed by atoms with Crippen LogP contribution in [0.2, 0.25) is 0 Å². The molecule has 146 valence electrons. The highest BCUT2D eigenvalue weighted by molar-refractivity contribution is 14.1. The lowest BCUT2D eigenvalue weighted by molar-refractivity contribution is -0.384. The van der Waals surface area contributed by atoms with E-state index in [1.165, 1.54) is 30.5 Å². The van der Waals surface area contributed by atoms with Crippen LogP contribution in [0, 0.1) is 29.6 Å². The minimum atomic E-state index is -0.571. The van der Waals surface area contributed by atoms with Gasteiger partial charge in [-0.15, -0.1) is 6.42 Å². The fourth-order valence-corrected chi connectivity index (χ4v) is 4.51. The summed E-state index contributed by atoms with van der Waals surface area (Å²) in [6.07, 6.45) is 6.70. The van der Waals surface area contributed by atoms with E-state index in [4.69, 9.17) is 15.6 Å². The minimum absolute atomic E-state index is 0.000147. The van der Waals surface area contributed by atoms with Crippen molar-refractivity contribution in [3.05, 3.63) is 65.0 Å². The normalized spacial score (nSPS) is 10.8. The molecule has 1 heterocycles. The highest BCUT2D eigenvalue weighted by Gasteiger charge is 2.14. The number of halogens is 2. The third-order valence-corrected chi connectivity index (χ3v) is 5.24.